The molecule has 4 saturated heterocycles. The Hall–Kier alpha value is -5.04. The molecule has 4 atom stereocenters. The Morgan fingerprint density at radius 1 is 0.468 bits per heavy atom. The van der Waals surface area contributed by atoms with Crippen LogP contribution in [0.15, 0.2) is 0 Å². The van der Waals surface area contributed by atoms with Crippen LogP contribution in [0.4, 0.5) is 19.2 Å². The van der Waals surface area contributed by atoms with Crippen molar-refractivity contribution in [3.63, 3.8) is 0 Å². The summed E-state index contributed by atoms with van der Waals surface area (Å²) < 4.78 is 57.5. The van der Waals surface area contributed by atoms with Gasteiger partial charge in [-0.3, -0.25) is 19.2 Å². The molecule has 4 aliphatic heterocycles. The molecule has 4 unspecified atom stereocenters. The van der Waals surface area contributed by atoms with Crippen LogP contribution in [0, 0.1) is 21.7 Å². The highest BCUT2D eigenvalue weighted by molar-refractivity contribution is 5.77. The zero-order valence-corrected chi connectivity index (χ0v) is 38.4. The van der Waals surface area contributed by atoms with E-state index in [1.807, 2.05) is 69.2 Å². The van der Waals surface area contributed by atoms with Crippen molar-refractivity contribution in [1.29, 1.82) is 0 Å². The molecule has 0 aliphatic carbocycles. The Morgan fingerprint density at radius 3 is 1.21 bits per heavy atom. The van der Waals surface area contributed by atoms with E-state index in [1.54, 1.807) is 13.8 Å². The summed E-state index contributed by atoms with van der Waals surface area (Å²) in [6.07, 6.45) is 0.0657. The van der Waals surface area contributed by atoms with Crippen LogP contribution in [0.1, 0.15) is 128 Å². The molecule has 4 aliphatic rings. The van der Waals surface area contributed by atoms with Crippen LogP contribution < -0.4 is 0 Å². The Labute approximate surface area is 363 Å². The van der Waals surface area contributed by atoms with Crippen molar-refractivity contribution in [3.8, 4) is 0 Å². The molecular weight excluding hydrogens is 824 g/mol. The molecule has 4 fully saturated rings. The fraction of sp³-hybridized carbons (Fsp3) is 0.810. The Kier molecular flexibility index (Phi) is 22.9. The topological polar surface area (TPSA) is 247 Å². The highest BCUT2D eigenvalue weighted by Gasteiger charge is 2.35. The predicted molar refractivity (Wildman–Crippen MR) is 214 cm³/mol. The minimum Gasteiger partial charge on any atom is -0.465 e. The molecule has 20 nitrogen and oxygen atoms in total. The lowest BCUT2D eigenvalue weighted by atomic mass is 9.91. The van der Waals surface area contributed by atoms with Gasteiger partial charge in [0.05, 0.1) is 34.9 Å². The number of hydrogen-bond donors (Lipinski definition) is 0. The maximum atomic E-state index is 11.6. The zero-order valence-electron chi connectivity index (χ0n) is 38.4. The number of carbonyl (C=O) groups is 8. The molecule has 0 saturated carbocycles. The number of hydrogen-bond acceptors (Lipinski definition) is 20. The fourth-order valence-corrected chi connectivity index (χ4v) is 4.20. The highest BCUT2D eigenvalue weighted by atomic mass is 16.8. The number of carbonyl (C=O) groups excluding carboxylic acids is 8. The van der Waals surface area contributed by atoms with Crippen LogP contribution >= 0.6 is 0 Å². The van der Waals surface area contributed by atoms with Gasteiger partial charge in [-0.1, -0.05) is 27.7 Å². The Bertz CT molecular complexity index is 1500. The maximum Gasteiger partial charge on any atom is 0.511 e. The summed E-state index contributed by atoms with van der Waals surface area (Å²) in [7, 11) is 0. The minimum absolute atomic E-state index is 0.0234. The molecule has 20 heteroatoms. The van der Waals surface area contributed by atoms with Crippen molar-refractivity contribution < 1.29 is 95.2 Å². The summed E-state index contributed by atoms with van der Waals surface area (Å²) in [5.74, 6) is -1.07. The fourth-order valence-electron chi connectivity index (χ4n) is 4.20. The van der Waals surface area contributed by atoms with Crippen molar-refractivity contribution in [2.75, 3.05) is 46.2 Å². The van der Waals surface area contributed by atoms with Crippen LogP contribution in [0.25, 0.3) is 0 Å². The van der Waals surface area contributed by atoms with Crippen molar-refractivity contribution in [2.24, 2.45) is 21.7 Å². The van der Waals surface area contributed by atoms with Gasteiger partial charge < -0.3 is 56.8 Å². The van der Waals surface area contributed by atoms with Crippen LogP contribution in [-0.4, -0.2) is 119 Å². The lowest BCUT2D eigenvalue weighted by Gasteiger charge is -2.21. The molecule has 0 bridgehead atoms. The summed E-state index contributed by atoms with van der Waals surface area (Å²) in [5, 5.41) is 0. The van der Waals surface area contributed by atoms with Gasteiger partial charge in [0, 0.05) is 6.42 Å². The summed E-state index contributed by atoms with van der Waals surface area (Å²) in [6.45, 7) is 23.6. The predicted octanol–water partition coefficient (Wildman–Crippen LogP) is 7.13. The van der Waals surface area contributed by atoms with Crippen molar-refractivity contribution in [1.82, 2.24) is 0 Å². The van der Waals surface area contributed by atoms with E-state index in [9.17, 15) is 38.4 Å². The third kappa shape index (κ3) is 20.2. The largest absolute Gasteiger partial charge is 0.511 e. The molecule has 4 rings (SSSR count). The molecule has 356 valence electrons. The molecule has 0 N–H and O–H groups in total. The molecule has 0 radical (unpaired) electrons. The van der Waals surface area contributed by atoms with Gasteiger partial charge in [-0.15, -0.1) is 0 Å². The molecule has 0 aromatic heterocycles. The van der Waals surface area contributed by atoms with Crippen LogP contribution in [0.2, 0.25) is 0 Å². The van der Waals surface area contributed by atoms with Gasteiger partial charge in [0.2, 0.25) is 0 Å². The van der Waals surface area contributed by atoms with Gasteiger partial charge in [-0.25, -0.2) is 19.2 Å². The average Bonchev–Trinajstić information content (AvgIpc) is 4.05. The normalized spacial score (nSPS) is 20.5. The van der Waals surface area contributed by atoms with E-state index in [4.69, 9.17) is 33.2 Å². The van der Waals surface area contributed by atoms with E-state index in [1.165, 1.54) is 0 Å². The van der Waals surface area contributed by atoms with Crippen LogP contribution in [0.5, 0.6) is 0 Å². The van der Waals surface area contributed by atoms with Gasteiger partial charge >= 0.3 is 48.5 Å². The second-order valence-electron chi connectivity index (χ2n) is 17.2. The quantitative estimate of drug-likeness (QED) is 0.0754. The number of cyclic esters (lactones) is 8. The van der Waals surface area contributed by atoms with Crippen molar-refractivity contribution in [2.45, 2.75) is 153 Å². The number of rotatable bonds is 18. The van der Waals surface area contributed by atoms with Crippen LogP contribution in [0.3, 0.4) is 0 Å². The molecule has 62 heavy (non-hydrogen) atoms. The first-order valence-electron chi connectivity index (χ1n) is 20.9. The molecule has 4 heterocycles. The van der Waals surface area contributed by atoms with E-state index in [0.717, 1.165) is 12.8 Å². The first kappa shape index (κ1) is 55.0. The second kappa shape index (κ2) is 25.8. The lowest BCUT2D eigenvalue weighted by molar-refractivity contribution is -0.173. The highest BCUT2D eigenvalue weighted by Crippen LogP contribution is 2.25. The van der Waals surface area contributed by atoms with Gasteiger partial charge in [-0.05, 0) is 93.9 Å². The van der Waals surface area contributed by atoms with Crippen LogP contribution in [-0.2, 0) is 76.0 Å². The molecule has 0 spiro atoms. The van der Waals surface area contributed by atoms with E-state index in [0.29, 0.717) is 45.3 Å². The third-order valence-electron chi connectivity index (χ3n) is 10.5. The van der Waals surface area contributed by atoms with Gasteiger partial charge in [0.15, 0.2) is 12.7 Å². The zero-order chi connectivity index (χ0) is 47.3. The van der Waals surface area contributed by atoms with Crippen molar-refractivity contribution in [3.05, 3.63) is 0 Å². The van der Waals surface area contributed by atoms with E-state index in [-0.39, 0.29) is 69.1 Å². The Morgan fingerprint density at radius 2 is 0.823 bits per heavy atom. The number of ether oxygens (including phenoxy) is 12. The summed E-state index contributed by atoms with van der Waals surface area (Å²) in [5.41, 5.74) is -1.94. The van der Waals surface area contributed by atoms with Gasteiger partial charge in [0.25, 0.3) is 6.29 Å². The minimum atomic E-state index is -0.888. The van der Waals surface area contributed by atoms with E-state index < -0.39 is 58.7 Å². The van der Waals surface area contributed by atoms with Gasteiger partial charge in [0.1, 0.15) is 38.6 Å². The summed E-state index contributed by atoms with van der Waals surface area (Å²) in [6, 6.07) is 0. The van der Waals surface area contributed by atoms with E-state index >= 15 is 0 Å². The monoisotopic (exact) mass is 892 g/mol. The molecule has 0 amide bonds. The molecule has 0 aromatic rings. The summed E-state index contributed by atoms with van der Waals surface area (Å²) in [4.78, 5) is 88.5. The molecule has 0 aromatic carbocycles. The second-order valence-corrected chi connectivity index (χ2v) is 17.2. The summed E-state index contributed by atoms with van der Waals surface area (Å²) >= 11 is 0. The smallest absolute Gasteiger partial charge is 0.465 e. The molecular formula is C42H68O20. The lowest BCUT2D eigenvalue weighted by Crippen LogP contribution is -2.31. The third-order valence-corrected chi connectivity index (χ3v) is 10.5. The van der Waals surface area contributed by atoms with Crippen molar-refractivity contribution >= 4 is 48.5 Å². The SMILES string of the molecule is CCC(C)(C)C(=O)OC1COC(=O)O1.CCC(C)(C)C(=O)OCC1COC(=O)O1.CCC(C)(C)C(=O)OCCC1COC(=O)O1.CCC(C)(C)C(=O)OCCCC1COC(=O)O1. The maximum absolute atomic E-state index is 11.6. The van der Waals surface area contributed by atoms with E-state index in [2.05, 4.69) is 23.7 Å². The van der Waals surface area contributed by atoms with Gasteiger partial charge in [-0.2, -0.15) is 0 Å². The number of esters is 4. The standard InChI is InChI=1S/C12H20O5.C11H18O5.C10H16O5.C9H14O5/c1-4-12(2,3)10(13)15-7-5-6-9-8-16-11(14)17-9;1-4-11(2,3)9(12)14-6-5-8-7-15-10(13)16-8;1-4-10(2,3)8(11)13-5-7-6-14-9(12)15-7;1-4-9(2,3)7(10)13-6-5-12-8(11)14-6/h9H,4-8H2,1-3H3;8H,4-7H2,1-3H3;7H,4-6H2,1-3H3;6H,4-5H2,1-3H3. The average molecular weight is 893 g/mol. The first-order valence-corrected chi connectivity index (χ1v) is 20.9. The first-order chi connectivity index (χ1) is 28.8. The Balaban J connectivity index is 0.000000414.